The molecular formula is C23H26N4O. The molecule has 2 aromatic carbocycles. The molecule has 0 atom stereocenters. The number of rotatable bonds is 7. The molecule has 0 fully saturated rings. The van der Waals surface area contributed by atoms with Crippen LogP contribution in [0.15, 0.2) is 66.9 Å². The molecule has 0 radical (unpaired) electrons. The zero-order valence-corrected chi connectivity index (χ0v) is 16.6. The van der Waals surface area contributed by atoms with E-state index in [0.717, 1.165) is 17.8 Å². The van der Waals surface area contributed by atoms with E-state index >= 15 is 0 Å². The lowest BCUT2D eigenvalue weighted by Crippen LogP contribution is -2.25. The Labute approximate surface area is 166 Å². The van der Waals surface area contributed by atoms with Crippen LogP contribution in [-0.2, 0) is 6.54 Å². The number of hydrogen-bond acceptors (Lipinski definition) is 4. The van der Waals surface area contributed by atoms with Crippen molar-refractivity contribution in [2.45, 2.75) is 33.2 Å². The molecule has 0 bridgehead atoms. The first kappa shape index (κ1) is 19.5. The molecule has 3 rings (SSSR count). The van der Waals surface area contributed by atoms with Crippen LogP contribution in [-0.4, -0.2) is 22.4 Å². The Morgan fingerprint density at radius 1 is 1.04 bits per heavy atom. The lowest BCUT2D eigenvalue weighted by molar-refractivity contribution is 0.102. The van der Waals surface area contributed by atoms with Crippen molar-refractivity contribution < 1.29 is 4.79 Å². The molecule has 0 unspecified atom stereocenters. The number of anilines is 2. The van der Waals surface area contributed by atoms with Crippen LogP contribution in [0.3, 0.4) is 0 Å². The van der Waals surface area contributed by atoms with Crippen LogP contribution in [0.25, 0.3) is 0 Å². The Bertz CT molecular complexity index is 925. The lowest BCUT2D eigenvalue weighted by atomic mass is 10.0. The van der Waals surface area contributed by atoms with Gasteiger partial charge in [0.05, 0.1) is 0 Å². The molecule has 5 heteroatoms. The van der Waals surface area contributed by atoms with Crippen LogP contribution in [0.2, 0.25) is 0 Å². The van der Waals surface area contributed by atoms with Gasteiger partial charge < -0.3 is 10.2 Å². The van der Waals surface area contributed by atoms with Crippen LogP contribution >= 0.6 is 0 Å². The van der Waals surface area contributed by atoms with Gasteiger partial charge in [0.15, 0.2) is 0 Å². The van der Waals surface area contributed by atoms with Crippen molar-refractivity contribution in [2.24, 2.45) is 0 Å². The van der Waals surface area contributed by atoms with Crippen LogP contribution < -0.4 is 10.2 Å². The second-order valence-electron chi connectivity index (χ2n) is 6.94. The van der Waals surface area contributed by atoms with E-state index in [9.17, 15) is 4.79 Å². The second kappa shape index (κ2) is 9.13. The average Bonchev–Trinajstić information content (AvgIpc) is 2.73. The quantitative estimate of drug-likeness (QED) is 0.640. The molecule has 28 heavy (non-hydrogen) atoms. The Hall–Kier alpha value is -3.21. The Kier molecular flexibility index (Phi) is 6.37. The maximum atomic E-state index is 12.8. The molecule has 1 heterocycles. The summed E-state index contributed by atoms with van der Waals surface area (Å²) < 4.78 is 0. The van der Waals surface area contributed by atoms with Gasteiger partial charge in [-0.25, -0.2) is 9.97 Å². The minimum Gasteiger partial charge on any atom is -0.337 e. The lowest BCUT2D eigenvalue weighted by Gasteiger charge is -2.21. The Morgan fingerprint density at radius 3 is 2.46 bits per heavy atom. The Morgan fingerprint density at radius 2 is 1.75 bits per heavy atom. The number of nitrogens with zero attached hydrogens (tertiary/aromatic N) is 3. The largest absolute Gasteiger partial charge is 0.337 e. The van der Waals surface area contributed by atoms with Crippen LogP contribution in [0.5, 0.6) is 0 Å². The monoisotopic (exact) mass is 374 g/mol. The number of hydrogen-bond donors (Lipinski definition) is 1. The van der Waals surface area contributed by atoms with E-state index in [1.165, 1.54) is 5.56 Å². The zero-order valence-electron chi connectivity index (χ0n) is 16.6. The van der Waals surface area contributed by atoms with Gasteiger partial charge in [0.2, 0.25) is 5.95 Å². The SMILES string of the molecule is CCN(Cc1ccccc1)c1nccc(C(=O)Nc2ccccc2C(C)C)n1. The summed E-state index contributed by atoms with van der Waals surface area (Å²) in [7, 11) is 0. The first-order valence-corrected chi connectivity index (χ1v) is 9.60. The molecule has 1 aromatic heterocycles. The van der Waals surface area contributed by atoms with E-state index in [2.05, 4.69) is 48.2 Å². The normalized spacial score (nSPS) is 10.7. The van der Waals surface area contributed by atoms with Gasteiger partial charge in [-0.2, -0.15) is 0 Å². The van der Waals surface area contributed by atoms with Gasteiger partial charge in [0, 0.05) is 25.0 Å². The molecule has 0 saturated carbocycles. The maximum absolute atomic E-state index is 12.8. The average molecular weight is 374 g/mol. The fraction of sp³-hybridized carbons (Fsp3) is 0.261. The van der Waals surface area contributed by atoms with E-state index in [-0.39, 0.29) is 5.91 Å². The highest BCUT2D eigenvalue weighted by Gasteiger charge is 2.15. The van der Waals surface area contributed by atoms with Gasteiger partial charge in [0.25, 0.3) is 5.91 Å². The topological polar surface area (TPSA) is 58.1 Å². The summed E-state index contributed by atoms with van der Waals surface area (Å²) in [6.45, 7) is 7.71. The smallest absolute Gasteiger partial charge is 0.274 e. The summed E-state index contributed by atoms with van der Waals surface area (Å²) in [6, 6.07) is 19.7. The van der Waals surface area contributed by atoms with Gasteiger partial charge in [-0.15, -0.1) is 0 Å². The van der Waals surface area contributed by atoms with Gasteiger partial charge in [0.1, 0.15) is 5.69 Å². The minimum absolute atomic E-state index is 0.229. The fourth-order valence-electron chi connectivity index (χ4n) is 3.06. The van der Waals surface area contributed by atoms with Crippen molar-refractivity contribution in [1.82, 2.24) is 9.97 Å². The van der Waals surface area contributed by atoms with Crippen molar-refractivity contribution in [1.29, 1.82) is 0 Å². The number of nitrogens with one attached hydrogen (secondary N) is 1. The molecule has 0 aliphatic rings. The van der Waals surface area contributed by atoms with Crippen molar-refractivity contribution in [3.8, 4) is 0 Å². The van der Waals surface area contributed by atoms with E-state index in [1.807, 2.05) is 47.4 Å². The van der Waals surface area contributed by atoms with Gasteiger partial charge in [-0.05, 0) is 36.1 Å². The summed E-state index contributed by atoms with van der Waals surface area (Å²) in [5, 5.41) is 2.99. The summed E-state index contributed by atoms with van der Waals surface area (Å²) in [5.74, 6) is 0.641. The molecule has 3 aromatic rings. The first-order chi connectivity index (χ1) is 13.6. The van der Waals surface area contributed by atoms with Gasteiger partial charge >= 0.3 is 0 Å². The molecule has 5 nitrogen and oxygen atoms in total. The van der Waals surface area contributed by atoms with Crippen molar-refractivity contribution in [3.63, 3.8) is 0 Å². The fourth-order valence-corrected chi connectivity index (χ4v) is 3.06. The van der Waals surface area contributed by atoms with E-state index in [0.29, 0.717) is 24.1 Å². The molecule has 0 aliphatic carbocycles. The molecule has 1 amide bonds. The molecular weight excluding hydrogens is 348 g/mol. The molecule has 0 aliphatic heterocycles. The highest BCUT2D eigenvalue weighted by Crippen LogP contribution is 2.24. The number of amides is 1. The molecule has 1 N–H and O–H groups in total. The van der Waals surface area contributed by atoms with E-state index in [1.54, 1.807) is 12.3 Å². The van der Waals surface area contributed by atoms with E-state index < -0.39 is 0 Å². The third-order valence-electron chi connectivity index (χ3n) is 4.59. The molecule has 0 saturated heterocycles. The summed E-state index contributed by atoms with van der Waals surface area (Å²) in [4.78, 5) is 23.7. The van der Waals surface area contributed by atoms with Gasteiger partial charge in [-0.3, -0.25) is 4.79 Å². The Balaban J connectivity index is 1.79. The highest BCUT2D eigenvalue weighted by atomic mass is 16.1. The van der Waals surface area contributed by atoms with Gasteiger partial charge in [-0.1, -0.05) is 62.4 Å². The number of para-hydroxylation sites is 1. The number of aromatic nitrogens is 2. The summed E-state index contributed by atoms with van der Waals surface area (Å²) in [6.07, 6.45) is 1.64. The predicted molar refractivity (Wildman–Crippen MR) is 114 cm³/mol. The predicted octanol–water partition coefficient (Wildman–Crippen LogP) is 4.88. The zero-order chi connectivity index (χ0) is 19.9. The molecule has 0 spiro atoms. The van der Waals surface area contributed by atoms with E-state index in [4.69, 9.17) is 0 Å². The standard InChI is InChI=1S/C23H26N4O/c1-4-27(16-18-10-6-5-7-11-18)23-24-15-14-21(26-23)22(28)25-20-13-9-8-12-19(20)17(2)3/h5-15,17H,4,16H2,1-3H3,(H,25,28). The summed E-state index contributed by atoms with van der Waals surface area (Å²) in [5.41, 5.74) is 3.45. The minimum atomic E-state index is -0.229. The number of carbonyl (C=O) groups is 1. The highest BCUT2D eigenvalue weighted by molar-refractivity contribution is 6.03. The number of carbonyl (C=O) groups excluding carboxylic acids is 1. The summed E-state index contributed by atoms with van der Waals surface area (Å²) >= 11 is 0. The first-order valence-electron chi connectivity index (χ1n) is 9.60. The third-order valence-corrected chi connectivity index (χ3v) is 4.59. The number of benzene rings is 2. The van der Waals surface area contributed by atoms with Crippen molar-refractivity contribution in [3.05, 3.63) is 83.7 Å². The van der Waals surface area contributed by atoms with Crippen LogP contribution in [0.1, 0.15) is 48.3 Å². The second-order valence-corrected chi connectivity index (χ2v) is 6.94. The van der Waals surface area contributed by atoms with Crippen molar-refractivity contribution >= 4 is 17.5 Å². The van der Waals surface area contributed by atoms with Crippen LogP contribution in [0.4, 0.5) is 11.6 Å². The molecule has 144 valence electrons. The maximum Gasteiger partial charge on any atom is 0.274 e. The van der Waals surface area contributed by atoms with Crippen molar-refractivity contribution in [2.75, 3.05) is 16.8 Å². The third kappa shape index (κ3) is 4.74. The van der Waals surface area contributed by atoms with Crippen LogP contribution in [0, 0.1) is 0 Å².